The molecule has 106 valence electrons. The molecule has 1 rings (SSSR count). The van der Waals surface area contributed by atoms with Crippen LogP contribution >= 0.6 is 0 Å². The molecule has 0 aliphatic carbocycles. The maximum Gasteiger partial charge on any atom is 0.337 e. The molecule has 0 aromatic heterocycles. The molecule has 0 aliphatic rings. The lowest BCUT2D eigenvalue weighted by molar-refractivity contribution is 0.0600. The number of ether oxygens (including phenoxy) is 2. The summed E-state index contributed by atoms with van der Waals surface area (Å²) in [4.78, 5) is 11.3. The molecule has 0 heterocycles. The largest absolute Gasteiger partial charge is 0.491 e. The molecule has 0 fully saturated rings. The highest BCUT2D eigenvalue weighted by Gasteiger charge is 2.07. The highest BCUT2D eigenvalue weighted by atomic mass is 16.5. The molecule has 1 unspecified atom stereocenters. The first-order valence-corrected chi connectivity index (χ1v) is 7.02. The van der Waals surface area contributed by atoms with E-state index in [1.807, 2.05) is 12.1 Å². The molecule has 0 amide bonds. The quantitative estimate of drug-likeness (QED) is 0.521. The van der Waals surface area contributed by atoms with Gasteiger partial charge in [-0.25, -0.2) is 4.79 Å². The van der Waals surface area contributed by atoms with E-state index < -0.39 is 0 Å². The monoisotopic (exact) mass is 264 g/mol. The van der Waals surface area contributed by atoms with Gasteiger partial charge in [-0.2, -0.15) is 0 Å². The van der Waals surface area contributed by atoms with Crippen molar-refractivity contribution in [1.29, 1.82) is 0 Å². The number of unbranched alkanes of at least 4 members (excludes halogenated alkanes) is 3. The SMILES string of the molecule is CCCCCCC(C)Oc1ccc(C(=O)OC)cc1. The summed E-state index contributed by atoms with van der Waals surface area (Å²) in [6.07, 6.45) is 6.30. The lowest BCUT2D eigenvalue weighted by Gasteiger charge is -2.14. The Hall–Kier alpha value is -1.51. The van der Waals surface area contributed by atoms with Crippen LogP contribution in [0.5, 0.6) is 5.75 Å². The Labute approximate surface area is 115 Å². The number of hydrogen-bond acceptors (Lipinski definition) is 3. The molecule has 0 N–H and O–H groups in total. The van der Waals surface area contributed by atoms with Crippen molar-refractivity contribution in [3.63, 3.8) is 0 Å². The Morgan fingerprint density at radius 2 is 1.84 bits per heavy atom. The van der Waals surface area contributed by atoms with Crippen LogP contribution in [0, 0.1) is 0 Å². The zero-order chi connectivity index (χ0) is 14.1. The lowest BCUT2D eigenvalue weighted by atomic mass is 10.1. The minimum atomic E-state index is -0.320. The fraction of sp³-hybridized carbons (Fsp3) is 0.562. The van der Waals surface area contributed by atoms with Crippen LogP contribution < -0.4 is 4.74 Å². The Morgan fingerprint density at radius 1 is 1.16 bits per heavy atom. The van der Waals surface area contributed by atoms with Gasteiger partial charge in [0.05, 0.1) is 18.8 Å². The minimum absolute atomic E-state index is 0.209. The van der Waals surface area contributed by atoms with Crippen molar-refractivity contribution in [2.24, 2.45) is 0 Å². The van der Waals surface area contributed by atoms with Gasteiger partial charge in [0, 0.05) is 0 Å². The van der Waals surface area contributed by atoms with Gasteiger partial charge in [0.1, 0.15) is 5.75 Å². The third kappa shape index (κ3) is 5.77. The third-order valence-electron chi connectivity index (χ3n) is 3.08. The van der Waals surface area contributed by atoms with E-state index in [9.17, 15) is 4.79 Å². The summed E-state index contributed by atoms with van der Waals surface area (Å²) < 4.78 is 10.5. The van der Waals surface area contributed by atoms with Gasteiger partial charge in [0.15, 0.2) is 0 Å². The second kappa shape index (κ2) is 8.57. The number of esters is 1. The zero-order valence-corrected chi connectivity index (χ0v) is 12.1. The number of benzene rings is 1. The predicted octanol–water partition coefficient (Wildman–Crippen LogP) is 4.21. The molecule has 19 heavy (non-hydrogen) atoms. The summed E-state index contributed by atoms with van der Waals surface area (Å²) in [6.45, 7) is 4.29. The molecule has 1 aromatic carbocycles. The predicted molar refractivity (Wildman–Crippen MR) is 76.6 cm³/mol. The topological polar surface area (TPSA) is 35.5 Å². The van der Waals surface area contributed by atoms with Crippen molar-refractivity contribution in [1.82, 2.24) is 0 Å². The zero-order valence-electron chi connectivity index (χ0n) is 12.1. The van der Waals surface area contributed by atoms with E-state index >= 15 is 0 Å². The van der Waals surface area contributed by atoms with Gasteiger partial charge >= 0.3 is 5.97 Å². The van der Waals surface area contributed by atoms with Crippen molar-refractivity contribution in [2.75, 3.05) is 7.11 Å². The average Bonchev–Trinajstić information content (AvgIpc) is 2.43. The van der Waals surface area contributed by atoms with Crippen LogP contribution in [-0.4, -0.2) is 19.2 Å². The summed E-state index contributed by atoms with van der Waals surface area (Å²) in [5, 5.41) is 0. The maximum atomic E-state index is 11.3. The first kappa shape index (κ1) is 15.5. The first-order chi connectivity index (χ1) is 9.17. The molecule has 0 bridgehead atoms. The normalized spacial score (nSPS) is 11.9. The maximum absolute atomic E-state index is 11.3. The molecule has 0 radical (unpaired) electrons. The molecule has 3 heteroatoms. The van der Waals surface area contributed by atoms with E-state index in [-0.39, 0.29) is 12.1 Å². The van der Waals surface area contributed by atoms with Crippen LogP contribution in [0.15, 0.2) is 24.3 Å². The number of hydrogen-bond donors (Lipinski definition) is 0. The molecular formula is C16H24O3. The molecule has 0 aliphatic heterocycles. The van der Waals surface area contributed by atoms with E-state index in [4.69, 9.17) is 4.74 Å². The second-order valence-corrected chi connectivity index (χ2v) is 4.79. The molecule has 0 saturated heterocycles. The molecule has 3 nitrogen and oxygen atoms in total. The number of carbonyl (C=O) groups is 1. The summed E-state index contributed by atoms with van der Waals surface area (Å²) in [7, 11) is 1.38. The molecule has 1 aromatic rings. The van der Waals surface area contributed by atoms with Gasteiger partial charge in [0.2, 0.25) is 0 Å². The van der Waals surface area contributed by atoms with E-state index in [1.54, 1.807) is 12.1 Å². The van der Waals surface area contributed by atoms with E-state index in [0.29, 0.717) is 5.56 Å². The van der Waals surface area contributed by atoms with Gasteiger partial charge in [-0.1, -0.05) is 26.2 Å². The third-order valence-corrected chi connectivity index (χ3v) is 3.08. The van der Waals surface area contributed by atoms with Gasteiger partial charge in [-0.15, -0.1) is 0 Å². The van der Waals surface area contributed by atoms with Crippen LogP contribution in [-0.2, 0) is 4.74 Å². The number of methoxy groups -OCH3 is 1. The highest BCUT2D eigenvalue weighted by molar-refractivity contribution is 5.89. The molecule has 0 spiro atoms. The van der Waals surface area contributed by atoms with E-state index in [2.05, 4.69) is 18.6 Å². The van der Waals surface area contributed by atoms with Crippen LogP contribution in [0.2, 0.25) is 0 Å². The second-order valence-electron chi connectivity index (χ2n) is 4.79. The Balaban J connectivity index is 2.38. The van der Waals surface area contributed by atoms with E-state index in [1.165, 1.54) is 32.8 Å². The van der Waals surface area contributed by atoms with Crippen molar-refractivity contribution in [3.8, 4) is 5.75 Å². The summed E-state index contributed by atoms with van der Waals surface area (Å²) in [5.41, 5.74) is 0.547. The molecular weight excluding hydrogens is 240 g/mol. The van der Waals surface area contributed by atoms with Crippen molar-refractivity contribution >= 4 is 5.97 Å². The van der Waals surface area contributed by atoms with Crippen molar-refractivity contribution < 1.29 is 14.3 Å². The lowest BCUT2D eigenvalue weighted by Crippen LogP contribution is -2.11. The van der Waals surface area contributed by atoms with E-state index in [0.717, 1.165) is 12.2 Å². The minimum Gasteiger partial charge on any atom is -0.491 e. The van der Waals surface area contributed by atoms with Crippen LogP contribution in [0.4, 0.5) is 0 Å². The average molecular weight is 264 g/mol. The van der Waals surface area contributed by atoms with Crippen LogP contribution in [0.25, 0.3) is 0 Å². The summed E-state index contributed by atoms with van der Waals surface area (Å²) in [5.74, 6) is 0.481. The number of carbonyl (C=O) groups excluding carboxylic acids is 1. The van der Waals surface area contributed by atoms with Gasteiger partial charge < -0.3 is 9.47 Å². The Bertz CT molecular complexity index is 370. The smallest absolute Gasteiger partial charge is 0.337 e. The standard InChI is InChI=1S/C16H24O3/c1-4-5-6-7-8-13(2)19-15-11-9-14(10-12-15)16(17)18-3/h9-13H,4-8H2,1-3H3. The van der Waals surface area contributed by atoms with Crippen LogP contribution in [0.3, 0.4) is 0 Å². The summed E-state index contributed by atoms with van der Waals surface area (Å²) >= 11 is 0. The summed E-state index contributed by atoms with van der Waals surface area (Å²) in [6, 6.07) is 7.08. The Morgan fingerprint density at radius 3 is 2.42 bits per heavy atom. The highest BCUT2D eigenvalue weighted by Crippen LogP contribution is 2.16. The molecule has 1 atom stereocenters. The first-order valence-electron chi connectivity index (χ1n) is 7.02. The number of rotatable bonds is 8. The van der Waals surface area contributed by atoms with Crippen molar-refractivity contribution in [3.05, 3.63) is 29.8 Å². The van der Waals surface area contributed by atoms with Gasteiger partial charge in [0.25, 0.3) is 0 Å². The fourth-order valence-corrected chi connectivity index (χ4v) is 1.94. The van der Waals surface area contributed by atoms with Crippen molar-refractivity contribution in [2.45, 2.75) is 52.1 Å². The fourth-order valence-electron chi connectivity index (χ4n) is 1.94. The van der Waals surface area contributed by atoms with Crippen LogP contribution in [0.1, 0.15) is 56.3 Å². The molecule has 0 saturated carbocycles. The van der Waals surface area contributed by atoms with Gasteiger partial charge in [-0.05, 0) is 44.0 Å². The Kier molecular flexibility index (Phi) is 7.01. The van der Waals surface area contributed by atoms with Gasteiger partial charge in [-0.3, -0.25) is 0 Å².